The molecule has 7 heteroatoms. The topological polar surface area (TPSA) is 59.8 Å². The van der Waals surface area contributed by atoms with Crippen molar-refractivity contribution < 1.29 is 4.79 Å². The molecule has 5 nitrogen and oxygen atoms in total. The maximum atomic E-state index is 11.7. The number of aromatic nitrogens is 3. The molecule has 1 saturated carbocycles. The fourth-order valence-corrected chi connectivity index (χ4v) is 2.45. The Kier molecular flexibility index (Phi) is 4.23. The molecule has 94 valence electrons. The zero-order valence-electron chi connectivity index (χ0n) is 9.33. The third-order valence-corrected chi connectivity index (χ3v) is 3.30. The van der Waals surface area contributed by atoms with Crippen molar-refractivity contribution in [3.05, 3.63) is 10.6 Å². The zero-order chi connectivity index (χ0) is 12.3. The van der Waals surface area contributed by atoms with Gasteiger partial charge in [0.2, 0.25) is 16.5 Å². The molecule has 0 spiro atoms. The van der Waals surface area contributed by atoms with E-state index in [2.05, 4.69) is 15.4 Å². The van der Waals surface area contributed by atoms with Gasteiger partial charge in [0, 0.05) is 6.04 Å². The van der Waals surface area contributed by atoms with E-state index in [9.17, 15) is 4.79 Å². The number of hydrogen-bond acceptors (Lipinski definition) is 3. The molecule has 0 unspecified atom stereocenters. The largest absolute Gasteiger partial charge is 0.352 e. The Morgan fingerprint density at radius 3 is 2.65 bits per heavy atom. The van der Waals surface area contributed by atoms with E-state index in [1.54, 1.807) is 0 Å². The molecular formula is C10H14Cl2N4O. The summed E-state index contributed by atoms with van der Waals surface area (Å²) in [6.45, 7) is 0.0645. The van der Waals surface area contributed by atoms with Gasteiger partial charge in [-0.15, -0.1) is 5.10 Å². The molecule has 0 bridgehead atoms. The van der Waals surface area contributed by atoms with Gasteiger partial charge in [0.1, 0.15) is 6.54 Å². The minimum absolute atomic E-state index is 0.0560. The van der Waals surface area contributed by atoms with Gasteiger partial charge in [0.25, 0.3) is 0 Å². The molecule has 0 saturated heterocycles. The molecule has 0 aromatic carbocycles. The molecule has 1 aliphatic rings. The van der Waals surface area contributed by atoms with Crippen LogP contribution in [0.5, 0.6) is 0 Å². The maximum absolute atomic E-state index is 11.7. The smallest absolute Gasteiger partial charge is 0.243 e. The van der Waals surface area contributed by atoms with Crippen molar-refractivity contribution in [3.8, 4) is 0 Å². The molecule has 1 aromatic rings. The molecule has 1 aliphatic carbocycles. The van der Waals surface area contributed by atoms with Crippen molar-refractivity contribution in [2.75, 3.05) is 0 Å². The second-order valence-electron chi connectivity index (χ2n) is 4.21. The molecule has 1 heterocycles. The summed E-state index contributed by atoms with van der Waals surface area (Å²) in [6, 6.07) is 0.286. The Balaban J connectivity index is 1.86. The number of hydrogen-bond donors (Lipinski definition) is 1. The Hall–Kier alpha value is -0.810. The SMILES string of the molecule is O=C(Cn1nc(Cl)nc1Cl)NC1CCCCC1. The lowest BCUT2D eigenvalue weighted by atomic mass is 9.95. The van der Waals surface area contributed by atoms with Crippen LogP contribution >= 0.6 is 23.2 Å². The van der Waals surface area contributed by atoms with Crippen molar-refractivity contribution in [3.63, 3.8) is 0 Å². The minimum Gasteiger partial charge on any atom is -0.352 e. The second-order valence-corrected chi connectivity index (χ2v) is 4.89. The quantitative estimate of drug-likeness (QED) is 0.919. The van der Waals surface area contributed by atoms with Crippen LogP contribution in [-0.2, 0) is 11.3 Å². The Morgan fingerprint density at radius 2 is 2.06 bits per heavy atom. The molecule has 1 aromatic heterocycles. The van der Waals surface area contributed by atoms with Gasteiger partial charge < -0.3 is 5.32 Å². The summed E-state index contributed by atoms with van der Waals surface area (Å²) in [5, 5.41) is 6.99. The predicted molar refractivity (Wildman–Crippen MR) is 65.1 cm³/mol. The van der Waals surface area contributed by atoms with Crippen LogP contribution in [0.2, 0.25) is 10.6 Å². The zero-order valence-corrected chi connectivity index (χ0v) is 10.8. The van der Waals surface area contributed by atoms with Crippen molar-refractivity contribution in [1.29, 1.82) is 0 Å². The van der Waals surface area contributed by atoms with Crippen molar-refractivity contribution >= 4 is 29.1 Å². The van der Waals surface area contributed by atoms with Crippen LogP contribution in [0.15, 0.2) is 0 Å². The van der Waals surface area contributed by atoms with E-state index in [1.165, 1.54) is 23.9 Å². The number of carbonyl (C=O) groups is 1. The molecule has 1 amide bonds. The summed E-state index contributed by atoms with van der Waals surface area (Å²) in [5.41, 5.74) is 0. The summed E-state index contributed by atoms with van der Waals surface area (Å²) in [6.07, 6.45) is 5.73. The predicted octanol–water partition coefficient (Wildman–Crippen LogP) is 2.03. The highest BCUT2D eigenvalue weighted by atomic mass is 35.5. The van der Waals surface area contributed by atoms with Gasteiger partial charge in [-0.25, -0.2) is 4.68 Å². The van der Waals surface area contributed by atoms with Crippen LogP contribution in [0, 0.1) is 0 Å². The third kappa shape index (κ3) is 3.57. The maximum Gasteiger partial charge on any atom is 0.243 e. The van der Waals surface area contributed by atoms with Crippen LogP contribution in [-0.4, -0.2) is 26.7 Å². The highest BCUT2D eigenvalue weighted by Gasteiger charge is 2.17. The summed E-state index contributed by atoms with van der Waals surface area (Å²) >= 11 is 11.3. The van der Waals surface area contributed by atoms with Crippen LogP contribution in [0.25, 0.3) is 0 Å². The lowest BCUT2D eigenvalue weighted by Crippen LogP contribution is -2.38. The number of amides is 1. The van der Waals surface area contributed by atoms with Crippen molar-refractivity contribution in [2.24, 2.45) is 0 Å². The van der Waals surface area contributed by atoms with E-state index in [1.807, 2.05) is 0 Å². The first kappa shape index (κ1) is 12.6. The molecular weight excluding hydrogens is 263 g/mol. The number of carbonyl (C=O) groups excluding carboxylic acids is 1. The van der Waals surface area contributed by atoms with E-state index < -0.39 is 0 Å². The van der Waals surface area contributed by atoms with Gasteiger partial charge >= 0.3 is 0 Å². The average Bonchev–Trinajstić information content (AvgIpc) is 2.58. The van der Waals surface area contributed by atoms with Gasteiger partial charge in [-0.3, -0.25) is 4.79 Å². The summed E-state index contributed by atoms with van der Waals surface area (Å²) < 4.78 is 1.29. The molecule has 1 N–H and O–H groups in total. The monoisotopic (exact) mass is 276 g/mol. The molecule has 0 radical (unpaired) electrons. The number of nitrogens with zero attached hydrogens (tertiary/aromatic N) is 3. The minimum atomic E-state index is -0.0969. The second kappa shape index (κ2) is 5.69. The molecule has 17 heavy (non-hydrogen) atoms. The highest BCUT2D eigenvalue weighted by Crippen LogP contribution is 2.17. The number of rotatable bonds is 3. The standard InChI is InChI=1S/C10H14Cl2N4O/c11-9-14-10(12)16(15-9)6-8(17)13-7-4-2-1-3-5-7/h7H,1-6H2,(H,13,17). The van der Waals surface area contributed by atoms with E-state index in [-0.39, 0.29) is 29.1 Å². The van der Waals surface area contributed by atoms with E-state index in [0.717, 1.165) is 12.8 Å². The van der Waals surface area contributed by atoms with Gasteiger partial charge in [0.05, 0.1) is 0 Å². The first-order chi connectivity index (χ1) is 8.15. The van der Waals surface area contributed by atoms with Crippen molar-refractivity contribution in [1.82, 2.24) is 20.1 Å². The Bertz CT molecular complexity index is 401. The van der Waals surface area contributed by atoms with Crippen LogP contribution in [0.1, 0.15) is 32.1 Å². The summed E-state index contributed by atoms with van der Waals surface area (Å²) in [4.78, 5) is 15.5. The first-order valence-electron chi connectivity index (χ1n) is 5.70. The number of nitrogens with one attached hydrogen (secondary N) is 1. The van der Waals surface area contributed by atoms with Gasteiger partial charge in [-0.1, -0.05) is 19.3 Å². The fraction of sp³-hybridized carbons (Fsp3) is 0.700. The average molecular weight is 277 g/mol. The van der Waals surface area contributed by atoms with Crippen molar-refractivity contribution in [2.45, 2.75) is 44.7 Å². The molecule has 2 rings (SSSR count). The van der Waals surface area contributed by atoms with E-state index >= 15 is 0 Å². The van der Waals surface area contributed by atoms with Gasteiger partial charge in [-0.05, 0) is 36.0 Å². The number of halogens is 2. The Labute approximate surface area is 109 Å². The molecule has 0 aliphatic heterocycles. The normalized spacial score (nSPS) is 17.1. The lowest BCUT2D eigenvalue weighted by molar-refractivity contribution is -0.122. The van der Waals surface area contributed by atoms with Gasteiger partial charge in [-0.2, -0.15) is 4.98 Å². The molecule has 1 fully saturated rings. The van der Waals surface area contributed by atoms with E-state index in [4.69, 9.17) is 23.2 Å². The third-order valence-electron chi connectivity index (χ3n) is 2.86. The van der Waals surface area contributed by atoms with E-state index in [0.29, 0.717) is 0 Å². The van der Waals surface area contributed by atoms with Crippen LogP contribution in [0.3, 0.4) is 0 Å². The van der Waals surface area contributed by atoms with Gasteiger partial charge in [0.15, 0.2) is 0 Å². The first-order valence-corrected chi connectivity index (χ1v) is 6.46. The van der Waals surface area contributed by atoms with Crippen LogP contribution < -0.4 is 5.32 Å². The Morgan fingerprint density at radius 1 is 1.35 bits per heavy atom. The lowest BCUT2D eigenvalue weighted by Gasteiger charge is -2.22. The molecule has 0 atom stereocenters. The highest BCUT2D eigenvalue weighted by molar-refractivity contribution is 6.31. The summed E-state index contributed by atoms with van der Waals surface area (Å²) in [5.74, 6) is -0.0969. The van der Waals surface area contributed by atoms with Crippen LogP contribution in [0.4, 0.5) is 0 Å². The summed E-state index contributed by atoms with van der Waals surface area (Å²) in [7, 11) is 0. The fourth-order valence-electron chi connectivity index (χ4n) is 2.05.